The molecule has 0 spiro atoms. The first-order valence-corrected chi connectivity index (χ1v) is 9.01. The molecule has 1 aromatic carbocycles. The minimum atomic E-state index is -1.20. The average Bonchev–Trinajstić information content (AvgIpc) is 3.30. The molecule has 26 heavy (non-hydrogen) atoms. The van der Waals surface area contributed by atoms with Gasteiger partial charge < -0.3 is 19.8 Å². The van der Waals surface area contributed by atoms with Gasteiger partial charge in [0.05, 0.1) is 20.8 Å². The van der Waals surface area contributed by atoms with Crippen LogP contribution in [0.3, 0.4) is 0 Å². The normalized spacial score (nSPS) is 15.5. The number of hydrogen-bond donors (Lipinski definition) is 2. The molecule has 2 N–H and O–H groups in total. The lowest BCUT2D eigenvalue weighted by molar-refractivity contribution is -0.135. The molecule has 2 heterocycles. The van der Waals surface area contributed by atoms with Gasteiger partial charge in [-0.15, -0.1) is 0 Å². The Morgan fingerprint density at radius 1 is 1.35 bits per heavy atom. The smallest absolute Gasteiger partial charge is 0.254 e. The number of methoxy groups -OCH3 is 1. The number of hydrogen-bond acceptors (Lipinski definition) is 6. The molecule has 0 unspecified atom stereocenters. The maximum absolute atomic E-state index is 12.9. The van der Waals surface area contributed by atoms with E-state index < -0.39 is 5.54 Å². The summed E-state index contributed by atoms with van der Waals surface area (Å²) in [6.45, 7) is 0.555. The molecule has 0 aliphatic carbocycles. The van der Waals surface area contributed by atoms with E-state index in [-0.39, 0.29) is 18.4 Å². The van der Waals surface area contributed by atoms with Crippen LogP contribution in [0.5, 0.6) is 5.75 Å². The highest BCUT2D eigenvalue weighted by molar-refractivity contribution is 7.08. The summed E-state index contributed by atoms with van der Waals surface area (Å²) >= 11 is 1.48. The number of nitrogens with zero attached hydrogens (tertiary/aromatic N) is 1. The van der Waals surface area contributed by atoms with Gasteiger partial charge in [0.1, 0.15) is 5.75 Å². The number of ether oxygens (including phenoxy) is 1. The number of thiophene rings is 1. The number of nitrogens with one attached hydrogen (secondary N) is 2. The standard InChI is InChI=1S/C18H21N3O4S/c1-19-17(23)18(20-25-3,13-6-7-26-10-13)11-21-9-12-4-5-14(24-2)8-15(12)16(21)22/h4-8,10,20H,9,11H2,1-3H3,(H,19,23)/t18-/m0/s1. The summed E-state index contributed by atoms with van der Waals surface area (Å²) < 4.78 is 5.21. The number of carbonyl (C=O) groups is 2. The van der Waals surface area contributed by atoms with Crippen LogP contribution >= 0.6 is 11.3 Å². The SMILES string of the molecule is CNC(=O)[C@@](CN1Cc2ccc(OC)cc2C1=O)(NOC)c1ccsc1. The number of hydroxylamine groups is 1. The third kappa shape index (κ3) is 3.07. The van der Waals surface area contributed by atoms with E-state index in [9.17, 15) is 9.59 Å². The zero-order chi connectivity index (χ0) is 18.7. The molecule has 2 amide bonds. The molecule has 1 aliphatic rings. The number of amides is 2. The molecular weight excluding hydrogens is 354 g/mol. The summed E-state index contributed by atoms with van der Waals surface area (Å²) in [6.07, 6.45) is 0. The van der Waals surface area contributed by atoms with Crippen LogP contribution in [-0.2, 0) is 21.7 Å². The second-order valence-electron chi connectivity index (χ2n) is 5.99. The Hall–Kier alpha value is -2.42. The summed E-state index contributed by atoms with van der Waals surface area (Å²) in [5, 5.41) is 6.43. The van der Waals surface area contributed by atoms with Gasteiger partial charge in [-0.05, 0) is 40.1 Å². The molecule has 1 aromatic heterocycles. The second kappa shape index (κ2) is 7.45. The highest BCUT2D eigenvalue weighted by Gasteiger charge is 2.45. The van der Waals surface area contributed by atoms with Crippen molar-refractivity contribution >= 4 is 23.2 Å². The summed E-state index contributed by atoms with van der Waals surface area (Å²) in [5.41, 5.74) is 3.86. The molecule has 7 nitrogen and oxygen atoms in total. The van der Waals surface area contributed by atoms with Crippen LogP contribution in [-0.4, -0.2) is 44.5 Å². The minimum Gasteiger partial charge on any atom is -0.497 e. The molecule has 1 aliphatic heterocycles. The van der Waals surface area contributed by atoms with Crippen LogP contribution in [0.25, 0.3) is 0 Å². The molecule has 3 rings (SSSR count). The summed E-state index contributed by atoms with van der Waals surface area (Å²) in [5.74, 6) is 0.212. The van der Waals surface area contributed by atoms with E-state index in [1.54, 1.807) is 25.1 Å². The van der Waals surface area contributed by atoms with E-state index in [1.165, 1.54) is 18.4 Å². The lowest BCUT2D eigenvalue weighted by atomic mass is 9.91. The van der Waals surface area contributed by atoms with E-state index in [4.69, 9.17) is 9.57 Å². The highest BCUT2D eigenvalue weighted by atomic mass is 32.1. The predicted octanol–water partition coefficient (Wildman–Crippen LogP) is 1.50. The summed E-state index contributed by atoms with van der Waals surface area (Å²) in [6, 6.07) is 7.28. The Balaban J connectivity index is 1.95. The van der Waals surface area contributed by atoms with Crippen LogP contribution in [0.4, 0.5) is 0 Å². The van der Waals surface area contributed by atoms with Crippen LogP contribution in [0.1, 0.15) is 21.5 Å². The minimum absolute atomic E-state index is 0.132. The van der Waals surface area contributed by atoms with E-state index in [2.05, 4.69) is 10.8 Å². The number of likely N-dealkylation sites (N-methyl/N-ethyl adjacent to an activating group) is 1. The van der Waals surface area contributed by atoms with Gasteiger partial charge >= 0.3 is 0 Å². The van der Waals surface area contributed by atoms with Crippen molar-refractivity contribution in [3.05, 3.63) is 51.7 Å². The van der Waals surface area contributed by atoms with Gasteiger partial charge in [-0.3, -0.25) is 9.59 Å². The zero-order valence-corrected chi connectivity index (χ0v) is 15.7. The van der Waals surface area contributed by atoms with Crippen molar-refractivity contribution in [2.24, 2.45) is 0 Å². The van der Waals surface area contributed by atoms with Gasteiger partial charge in [-0.25, -0.2) is 0 Å². The fourth-order valence-corrected chi connectivity index (χ4v) is 3.94. The predicted molar refractivity (Wildman–Crippen MR) is 97.9 cm³/mol. The van der Waals surface area contributed by atoms with Gasteiger partial charge in [0.15, 0.2) is 5.54 Å². The highest BCUT2D eigenvalue weighted by Crippen LogP contribution is 2.31. The molecule has 0 bridgehead atoms. The maximum Gasteiger partial charge on any atom is 0.254 e. The van der Waals surface area contributed by atoms with Crippen molar-refractivity contribution in [1.29, 1.82) is 0 Å². The molecule has 1 atom stereocenters. The summed E-state index contributed by atoms with van der Waals surface area (Å²) in [7, 11) is 4.58. The van der Waals surface area contributed by atoms with Crippen molar-refractivity contribution in [2.45, 2.75) is 12.1 Å². The van der Waals surface area contributed by atoms with Crippen LogP contribution < -0.4 is 15.5 Å². The van der Waals surface area contributed by atoms with E-state index in [0.29, 0.717) is 17.9 Å². The van der Waals surface area contributed by atoms with Crippen molar-refractivity contribution in [3.63, 3.8) is 0 Å². The fraction of sp³-hybridized carbons (Fsp3) is 0.333. The Morgan fingerprint density at radius 2 is 2.15 bits per heavy atom. The lowest BCUT2D eigenvalue weighted by Crippen LogP contribution is -2.59. The molecule has 0 radical (unpaired) electrons. The second-order valence-corrected chi connectivity index (χ2v) is 6.77. The first-order chi connectivity index (χ1) is 12.6. The number of benzene rings is 1. The molecule has 8 heteroatoms. The molecular formula is C18H21N3O4S. The first-order valence-electron chi connectivity index (χ1n) is 8.07. The molecule has 0 saturated carbocycles. The van der Waals surface area contributed by atoms with Gasteiger partial charge in [-0.2, -0.15) is 16.8 Å². The third-order valence-electron chi connectivity index (χ3n) is 4.53. The average molecular weight is 375 g/mol. The largest absolute Gasteiger partial charge is 0.497 e. The Kier molecular flexibility index (Phi) is 5.26. The van der Waals surface area contributed by atoms with Crippen molar-refractivity contribution in [3.8, 4) is 5.75 Å². The van der Waals surface area contributed by atoms with Crippen LogP contribution in [0, 0.1) is 0 Å². The Bertz CT molecular complexity index is 809. The third-order valence-corrected chi connectivity index (χ3v) is 5.21. The van der Waals surface area contributed by atoms with Crippen LogP contribution in [0.15, 0.2) is 35.0 Å². The molecule has 0 saturated heterocycles. The van der Waals surface area contributed by atoms with Crippen LogP contribution in [0.2, 0.25) is 0 Å². The van der Waals surface area contributed by atoms with E-state index >= 15 is 0 Å². The van der Waals surface area contributed by atoms with Gasteiger partial charge in [0, 0.05) is 19.2 Å². The van der Waals surface area contributed by atoms with Gasteiger partial charge in [-0.1, -0.05) is 6.07 Å². The van der Waals surface area contributed by atoms with E-state index in [1.807, 2.05) is 29.0 Å². The molecule has 138 valence electrons. The topological polar surface area (TPSA) is 79.9 Å². The van der Waals surface area contributed by atoms with Crippen molar-refractivity contribution < 1.29 is 19.2 Å². The quantitative estimate of drug-likeness (QED) is 0.717. The van der Waals surface area contributed by atoms with Gasteiger partial charge in [0.25, 0.3) is 5.91 Å². The summed E-state index contributed by atoms with van der Waals surface area (Å²) in [4.78, 5) is 32.5. The number of rotatable bonds is 7. The number of carbonyl (C=O) groups excluding carboxylic acids is 2. The Labute approximate surface area is 155 Å². The molecule has 2 aromatic rings. The molecule has 0 fully saturated rings. The number of fused-ring (bicyclic) bond motifs is 1. The Morgan fingerprint density at radius 3 is 2.77 bits per heavy atom. The maximum atomic E-state index is 12.9. The van der Waals surface area contributed by atoms with Gasteiger partial charge in [0.2, 0.25) is 5.91 Å². The first kappa shape index (κ1) is 18.4. The monoisotopic (exact) mass is 375 g/mol. The van der Waals surface area contributed by atoms with Crippen molar-refractivity contribution in [1.82, 2.24) is 15.7 Å². The fourth-order valence-electron chi connectivity index (χ4n) is 3.21. The zero-order valence-electron chi connectivity index (χ0n) is 14.9. The van der Waals surface area contributed by atoms with E-state index in [0.717, 1.165) is 11.1 Å². The van der Waals surface area contributed by atoms with Crippen molar-refractivity contribution in [2.75, 3.05) is 27.8 Å². The lowest BCUT2D eigenvalue weighted by Gasteiger charge is -2.35.